The first-order valence-corrected chi connectivity index (χ1v) is 8.58. The van der Waals surface area contributed by atoms with Gasteiger partial charge in [0.1, 0.15) is 5.75 Å². The number of aryl methyl sites for hydroxylation is 1. The van der Waals surface area contributed by atoms with Crippen LogP contribution >= 0.6 is 0 Å². The van der Waals surface area contributed by atoms with Crippen molar-refractivity contribution in [3.63, 3.8) is 0 Å². The standard InChI is InChI=1S/C20H20F2N2O3/c1-12-6-5-8-16(13(12)2)24-11-14(10-18(24)25)19(26)23-15-7-3-4-9-17(15)27-20(21)22/h3-9,14,20H,10-11H2,1-2H3,(H,23,26)/t14-/m1/s1. The number of amides is 2. The molecule has 2 aromatic rings. The van der Waals surface area contributed by atoms with Crippen molar-refractivity contribution in [1.82, 2.24) is 0 Å². The summed E-state index contributed by atoms with van der Waals surface area (Å²) in [5.41, 5.74) is 2.99. The summed E-state index contributed by atoms with van der Waals surface area (Å²) in [6.07, 6.45) is 0.0666. The van der Waals surface area contributed by atoms with Crippen molar-refractivity contribution in [2.45, 2.75) is 26.9 Å². The number of anilines is 2. The van der Waals surface area contributed by atoms with Crippen molar-refractivity contribution in [2.24, 2.45) is 5.92 Å². The maximum Gasteiger partial charge on any atom is 0.387 e. The summed E-state index contributed by atoms with van der Waals surface area (Å²) in [6.45, 7) is 1.15. The second-order valence-electron chi connectivity index (χ2n) is 6.49. The van der Waals surface area contributed by atoms with Gasteiger partial charge in [-0.3, -0.25) is 9.59 Å². The van der Waals surface area contributed by atoms with E-state index < -0.39 is 18.4 Å². The van der Waals surface area contributed by atoms with Crippen LogP contribution in [0.15, 0.2) is 42.5 Å². The number of hydrogen-bond donors (Lipinski definition) is 1. The molecular formula is C20H20F2N2O3. The Morgan fingerprint density at radius 2 is 1.93 bits per heavy atom. The number of alkyl halides is 2. The SMILES string of the molecule is Cc1cccc(N2C[C@H](C(=O)Nc3ccccc3OC(F)F)CC2=O)c1C. The molecule has 1 heterocycles. The van der Waals surface area contributed by atoms with Crippen LogP contribution < -0.4 is 15.0 Å². The van der Waals surface area contributed by atoms with Crippen LogP contribution in [0.25, 0.3) is 0 Å². The predicted molar refractivity (Wildman–Crippen MR) is 98.1 cm³/mol. The van der Waals surface area contributed by atoms with E-state index >= 15 is 0 Å². The highest BCUT2D eigenvalue weighted by atomic mass is 19.3. The average Bonchev–Trinajstić information content (AvgIpc) is 3.00. The lowest BCUT2D eigenvalue weighted by Gasteiger charge is -2.20. The highest BCUT2D eigenvalue weighted by Gasteiger charge is 2.36. The molecule has 0 aliphatic carbocycles. The van der Waals surface area contributed by atoms with E-state index in [0.29, 0.717) is 0 Å². The largest absolute Gasteiger partial charge is 0.433 e. The number of hydrogen-bond acceptors (Lipinski definition) is 3. The fraction of sp³-hybridized carbons (Fsp3) is 0.300. The first-order chi connectivity index (χ1) is 12.9. The third-order valence-corrected chi connectivity index (χ3v) is 4.72. The van der Waals surface area contributed by atoms with Crippen LogP contribution in [-0.2, 0) is 9.59 Å². The zero-order valence-corrected chi connectivity index (χ0v) is 15.0. The highest BCUT2D eigenvalue weighted by Crippen LogP contribution is 2.31. The van der Waals surface area contributed by atoms with Crippen molar-refractivity contribution < 1.29 is 23.1 Å². The van der Waals surface area contributed by atoms with E-state index in [4.69, 9.17) is 0 Å². The number of carbonyl (C=O) groups excluding carboxylic acids is 2. The van der Waals surface area contributed by atoms with Gasteiger partial charge >= 0.3 is 6.61 Å². The van der Waals surface area contributed by atoms with Gasteiger partial charge in [-0.2, -0.15) is 8.78 Å². The third-order valence-electron chi connectivity index (χ3n) is 4.72. The van der Waals surface area contributed by atoms with E-state index in [1.807, 2.05) is 32.0 Å². The van der Waals surface area contributed by atoms with E-state index in [9.17, 15) is 18.4 Å². The van der Waals surface area contributed by atoms with E-state index in [1.54, 1.807) is 11.0 Å². The lowest BCUT2D eigenvalue weighted by atomic mass is 10.1. The van der Waals surface area contributed by atoms with Gasteiger partial charge in [0.2, 0.25) is 11.8 Å². The van der Waals surface area contributed by atoms with E-state index in [-0.39, 0.29) is 30.3 Å². The molecule has 3 rings (SSSR count). The summed E-state index contributed by atoms with van der Waals surface area (Å²) in [5, 5.41) is 2.60. The Kier molecular flexibility index (Phi) is 5.39. The van der Waals surface area contributed by atoms with Crippen LogP contribution in [0.5, 0.6) is 5.75 Å². The number of nitrogens with zero attached hydrogens (tertiary/aromatic N) is 1. The number of nitrogens with one attached hydrogen (secondary N) is 1. The molecule has 0 saturated carbocycles. The molecule has 0 spiro atoms. The first kappa shape index (κ1) is 18.8. The van der Waals surface area contributed by atoms with Gasteiger partial charge in [0.05, 0.1) is 11.6 Å². The first-order valence-electron chi connectivity index (χ1n) is 8.58. The Bertz CT molecular complexity index is 870. The van der Waals surface area contributed by atoms with Crippen LogP contribution in [-0.4, -0.2) is 25.0 Å². The van der Waals surface area contributed by atoms with Crippen molar-refractivity contribution in [1.29, 1.82) is 0 Å². The highest BCUT2D eigenvalue weighted by molar-refractivity contribution is 6.04. The van der Waals surface area contributed by atoms with Gasteiger partial charge in [-0.25, -0.2) is 0 Å². The molecule has 1 aliphatic heterocycles. The van der Waals surface area contributed by atoms with Gasteiger partial charge in [0, 0.05) is 18.7 Å². The fourth-order valence-electron chi connectivity index (χ4n) is 3.15. The molecule has 1 saturated heterocycles. The monoisotopic (exact) mass is 374 g/mol. The molecule has 0 aromatic heterocycles. The van der Waals surface area contributed by atoms with Crippen LogP contribution in [0.2, 0.25) is 0 Å². The summed E-state index contributed by atoms with van der Waals surface area (Å²) < 4.78 is 29.5. The summed E-state index contributed by atoms with van der Waals surface area (Å²) in [6, 6.07) is 11.7. The van der Waals surface area contributed by atoms with Gasteiger partial charge in [0.25, 0.3) is 0 Å². The predicted octanol–water partition coefficient (Wildman–Crippen LogP) is 3.90. The second-order valence-corrected chi connectivity index (χ2v) is 6.49. The van der Waals surface area contributed by atoms with Gasteiger partial charge in [-0.05, 0) is 43.2 Å². The normalized spacial score (nSPS) is 16.7. The number of ether oxygens (including phenoxy) is 1. The van der Waals surface area contributed by atoms with E-state index in [0.717, 1.165) is 16.8 Å². The minimum absolute atomic E-state index is 0.0666. The van der Waals surface area contributed by atoms with E-state index in [2.05, 4.69) is 10.1 Å². The number of rotatable bonds is 5. The van der Waals surface area contributed by atoms with Crippen LogP contribution in [0.1, 0.15) is 17.5 Å². The molecule has 1 aliphatic rings. The van der Waals surface area contributed by atoms with Crippen molar-refractivity contribution in [3.05, 3.63) is 53.6 Å². The van der Waals surface area contributed by atoms with Gasteiger partial charge in [-0.1, -0.05) is 24.3 Å². The molecule has 0 radical (unpaired) electrons. The van der Waals surface area contributed by atoms with Gasteiger partial charge in [-0.15, -0.1) is 0 Å². The molecule has 0 unspecified atom stereocenters. The zero-order valence-electron chi connectivity index (χ0n) is 15.0. The van der Waals surface area contributed by atoms with E-state index in [1.165, 1.54) is 18.2 Å². The van der Waals surface area contributed by atoms with Crippen LogP contribution in [0, 0.1) is 19.8 Å². The van der Waals surface area contributed by atoms with Gasteiger partial charge in [0.15, 0.2) is 0 Å². The fourth-order valence-corrected chi connectivity index (χ4v) is 3.15. The molecule has 27 heavy (non-hydrogen) atoms. The van der Waals surface area contributed by atoms with Crippen LogP contribution in [0.4, 0.5) is 20.2 Å². The number of benzene rings is 2. The Hall–Kier alpha value is -2.96. The minimum Gasteiger partial charge on any atom is -0.433 e. The Balaban J connectivity index is 1.74. The summed E-state index contributed by atoms with van der Waals surface area (Å²) in [4.78, 5) is 26.6. The molecule has 5 nitrogen and oxygen atoms in total. The third kappa shape index (κ3) is 4.07. The molecule has 2 aromatic carbocycles. The number of halogens is 2. The lowest BCUT2D eigenvalue weighted by molar-refractivity contribution is -0.122. The average molecular weight is 374 g/mol. The zero-order chi connectivity index (χ0) is 19.6. The van der Waals surface area contributed by atoms with Gasteiger partial charge < -0.3 is 15.0 Å². The summed E-state index contributed by atoms with van der Waals surface area (Å²) in [5.74, 6) is -1.23. The van der Waals surface area contributed by atoms with Crippen molar-refractivity contribution in [2.75, 3.05) is 16.8 Å². The molecular weight excluding hydrogens is 354 g/mol. The minimum atomic E-state index is -2.99. The second kappa shape index (κ2) is 7.73. The number of carbonyl (C=O) groups is 2. The molecule has 7 heteroatoms. The molecule has 1 N–H and O–H groups in total. The maximum absolute atomic E-state index is 12.6. The Morgan fingerprint density at radius 1 is 1.19 bits per heavy atom. The summed E-state index contributed by atoms with van der Waals surface area (Å²) >= 11 is 0. The molecule has 1 fully saturated rings. The molecule has 1 atom stereocenters. The number of para-hydroxylation sites is 2. The smallest absolute Gasteiger partial charge is 0.387 e. The Morgan fingerprint density at radius 3 is 2.67 bits per heavy atom. The maximum atomic E-state index is 12.6. The lowest BCUT2D eigenvalue weighted by Crippen LogP contribution is -2.28. The van der Waals surface area contributed by atoms with Crippen molar-refractivity contribution >= 4 is 23.2 Å². The Labute approximate surface area is 155 Å². The molecule has 2 amide bonds. The molecule has 0 bridgehead atoms. The molecule has 142 valence electrons. The topological polar surface area (TPSA) is 58.6 Å². The van der Waals surface area contributed by atoms with Crippen molar-refractivity contribution in [3.8, 4) is 5.75 Å². The quantitative estimate of drug-likeness (QED) is 0.864. The summed E-state index contributed by atoms with van der Waals surface area (Å²) in [7, 11) is 0. The van der Waals surface area contributed by atoms with Crippen LogP contribution in [0.3, 0.4) is 0 Å².